The lowest BCUT2D eigenvalue weighted by atomic mass is 10.1. The van der Waals surface area contributed by atoms with Gasteiger partial charge in [0.25, 0.3) is 0 Å². The molecule has 3 rings (SSSR count). The van der Waals surface area contributed by atoms with Gasteiger partial charge in [0.1, 0.15) is 28.5 Å². The molecule has 0 aliphatic carbocycles. The van der Waals surface area contributed by atoms with Crippen LogP contribution in [0.15, 0.2) is 36.4 Å². The zero-order valence-corrected chi connectivity index (χ0v) is 14.3. The summed E-state index contributed by atoms with van der Waals surface area (Å²) in [5, 5.41) is 5.46. The molecule has 0 bridgehead atoms. The Bertz CT molecular complexity index is 871. The molecule has 0 saturated carbocycles. The summed E-state index contributed by atoms with van der Waals surface area (Å²) in [6, 6.07) is 10.6. The SMILES string of the molecule is COc1ccc(-c2nn(CC(C)C)c3c(F)cccc23)c(OC)c1. The summed E-state index contributed by atoms with van der Waals surface area (Å²) in [6.45, 7) is 4.82. The number of rotatable bonds is 5. The second-order valence-corrected chi connectivity index (χ2v) is 6.13. The average Bonchev–Trinajstić information content (AvgIpc) is 2.93. The second kappa shape index (κ2) is 6.51. The number of benzene rings is 2. The van der Waals surface area contributed by atoms with Gasteiger partial charge >= 0.3 is 0 Å². The highest BCUT2D eigenvalue weighted by atomic mass is 19.1. The van der Waals surface area contributed by atoms with Gasteiger partial charge in [-0.2, -0.15) is 5.10 Å². The van der Waals surface area contributed by atoms with Crippen molar-refractivity contribution >= 4 is 10.9 Å². The van der Waals surface area contributed by atoms with Crippen LogP contribution in [0, 0.1) is 11.7 Å². The highest BCUT2D eigenvalue weighted by Gasteiger charge is 2.19. The number of hydrogen-bond donors (Lipinski definition) is 0. The van der Waals surface area contributed by atoms with E-state index in [1.807, 2.05) is 24.3 Å². The van der Waals surface area contributed by atoms with Crippen LogP contribution in [0.1, 0.15) is 13.8 Å². The molecule has 2 aromatic carbocycles. The van der Waals surface area contributed by atoms with Crippen molar-refractivity contribution in [2.45, 2.75) is 20.4 Å². The van der Waals surface area contributed by atoms with Gasteiger partial charge in [-0.1, -0.05) is 26.0 Å². The third kappa shape index (κ3) is 2.82. The molecule has 5 heteroatoms. The van der Waals surface area contributed by atoms with Crippen molar-refractivity contribution in [3.63, 3.8) is 0 Å². The summed E-state index contributed by atoms with van der Waals surface area (Å²) in [6.07, 6.45) is 0. The Morgan fingerprint density at radius 2 is 1.92 bits per heavy atom. The topological polar surface area (TPSA) is 36.3 Å². The number of ether oxygens (including phenoxy) is 2. The monoisotopic (exact) mass is 328 g/mol. The van der Waals surface area contributed by atoms with Gasteiger partial charge in [0, 0.05) is 23.6 Å². The first kappa shape index (κ1) is 16.3. The molecule has 0 radical (unpaired) electrons. The third-order valence-electron chi connectivity index (χ3n) is 3.92. The predicted octanol–water partition coefficient (Wildman–Crippen LogP) is 4.52. The minimum absolute atomic E-state index is 0.264. The molecule has 126 valence electrons. The van der Waals surface area contributed by atoms with Gasteiger partial charge in [-0.25, -0.2) is 4.39 Å². The average molecular weight is 328 g/mol. The van der Waals surface area contributed by atoms with E-state index in [0.29, 0.717) is 35.2 Å². The van der Waals surface area contributed by atoms with E-state index in [-0.39, 0.29) is 5.82 Å². The highest BCUT2D eigenvalue weighted by molar-refractivity contribution is 5.95. The Hall–Kier alpha value is -2.56. The molecule has 24 heavy (non-hydrogen) atoms. The van der Waals surface area contributed by atoms with Crippen LogP contribution in [0.4, 0.5) is 4.39 Å². The number of methoxy groups -OCH3 is 2. The zero-order valence-electron chi connectivity index (χ0n) is 14.3. The third-order valence-corrected chi connectivity index (χ3v) is 3.92. The van der Waals surface area contributed by atoms with Crippen LogP contribution in [-0.2, 0) is 6.54 Å². The van der Waals surface area contributed by atoms with Crippen molar-refractivity contribution < 1.29 is 13.9 Å². The van der Waals surface area contributed by atoms with Crippen LogP contribution in [0.3, 0.4) is 0 Å². The molecule has 1 aromatic heterocycles. The molecule has 0 saturated heterocycles. The molecule has 4 nitrogen and oxygen atoms in total. The highest BCUT2D eigenvalue weighted by Crippen LogP contribution is 2.37. The minimum Gasteiger partial charge on any atom is -0.497 e. The fraction of sp³-hybridized carbons (Fsp3) is 0.316. The molecule has 3 aromatic rings. The number of halogens is 1. The summed E-state index contributed by atoms with van der Waals surface area (Å²) >= 11 is 0. The van der Waals surface area contributed by atoms with Crippen LogP contribution in [0.2, 0.25) is 0 Å². The number of fused-ring (bicyclic) bond motifs is 1. The maximum absolute atomic E-state index is 14.4. The van der Waals surface area contributed by atoms with Crippen molar-refractivity contribution in [1.82, 2.24) is 9.78 Å². The predicted molar refractivity (Wildman–Crippen MR) is 93.1 cm³/mol. The van der Waals surface area contributed by atoms with Crippen molar-refractivity contribution in [1.29, 1.82) is 0 Å². The van der Waals surface area contributed by atoms with Gasteiger partial charge < -0.3 is 9.47 Å². The Morgan fingerprint density at radius 1 is 1.12 bits per heavy atom. The van der Waals surface area contributed by atoms with Crippen LogP contribution < -0.4 is 9.47 Å². The fourth-order valence-electron chi connectivity index (χ4n) is 2.86. The standard InChI is InChI=1S/C19H21FN2O2/c1-12(2)11-22-19-15(6-5-7-16(19)20)18(21-22)14-9-8-13(23-3)10-17(14)24-4/h5-10,12H,11H2,1-4H3. The summed E-state index contributed by atoms with van der Waals surface area (Å²) < 4.78 is 26.9. The van der Waals surface area contributed by atoms with Gasteiger partial charge in [0.15, 0.2) is 0 Å². The molecule has 0 spiro atoms. The largest absolute Gasteiger partial charge is 0.497 e. The number of hydrogen-bond acceptors (Lipinski definition) is 3. The summed E-state index contributed by atoms with van der Waals surface area (Å²) in [5.41, 5.74) is 2.06. The van der Waals surface area contributed by atoms with E-state index in [0.717, 1.165) is 10.9 Å². The van der Waals surface area contributed by atoms with E-state index < -0.39 is 0 Å². The van der Waals surface area contributed by atoms with E-state index >= 15 is 0 Å². The fourth-order valence-corrected chi connectivity index (χ4v) is 2.86. The van der Waals surface area contributed by atoms with Crippen molar-refractivity contribution in [3.8, 4) is 22.8 Å². The lowest BCUT2D eigenvalue weighted by Crippen LogP contribution is -2.06. The summed E-state index contributed by atoms with van der Waals surface area (Å²) in [5.74, 6) is 1.44. The van der Waals surface area contributed by atoms with E-state index in [9.17, 15) is 4.39 Å². The normalized spacial score (nSPS) is 11.2. The molecular weight excluding hydrogens is 307 g/mol. The smallest absolute Gasteiger partial charge is 0.149 e. The van der Waals surface area contributed by atoms with Crippen LogP contribution in [0.5, 0.6) is 11.5 Å². The van der Waals surface area contributed by atoms with E-state index in [1.165, 1.54) is 6.07 Å². The molecule has 0 atom stereocenters. The molecule has 0 unspecified atom stereocenters. The Balaban J connectivity index is 2.25. The second-order valence-electron chi connectivity index (χ2n) is 6.13. The Morgan fingerprint density at radius 3 is 2.58 bits per heavy atom. The molecule has 0 N–H and O–H groups in total. The van der Waals surface area contributed by atoms with Gasteiger partial charge in [-0.05, 0) is 24.1 Å². The molecular formula is C19H21FN2O2. The number of nitrogens with zero attached hydrogens (tertiary/aromatic N) is 2. The van der Waals surface area contributed by atoms with Crippen molar-refractivity contribution in [2.75, 3.05) is 14.2 Å². The van der Waals surface area contributed by atoms with Crippen LogP contribution in [-0.4, -0.2) is 24.0 Å². The summed E-state index contributed by atoms with van der Waals surface area (Å²) in [4.78, 5) is 0. The van der Waals surface area contributed by atoms with Gasteiger partial charge in [0.2, 0.25) is 0 Å². The molecule has 0 fully saturated rings. The first-order valence-corrected chi connectivity index (χ1v) is 7.92. The zero-order chi connectivity index (χ0) is 17.3. The Kier molecular flexibility index (Phi) is 4.42. The molecule has 0 amide bonds. The van der Waals surface area contributed by atoms with E-state index in [1.54, 1.807) is 25.0 Å². The lowest BCUT2D eigenvalue weighted by Gasteiger charge is -2.09. The first-order chi connectivity index (χ1) is 11.5. The minimum atomic E-state index is -0.264. The van der Waals surface area contributed by atoms with E-state index in [4.69, 9.17) is 9.47 Å². The Labute approximate surface area is 140 Å². The lowest BCUT2D eigenvalue weighted by molar-refractivity contribution is 0.395. The van der Waals surface area contributed by atoms with Crippen LogP contribution >= 0.6 is 0 Å². The number of para-hydroxylation sites is 1. The number of aromatic nitrogens is 2. The quantitative estimate of drug-likeness (QED) is 0.691. The van der Waals surface area contributed by atoms with E-state index in [2.05, 4.69) is 18.9 Å². The van der Waals surface area contributed by atoms with Crippen molar-refractivity contribution in [2.24, 2.45) is 5.92 Å². The van der Waals surface area contributed by atoms with Crippen LogP contribution in [0.25, 0.3) is 22.2 Å². The molecule has 0 aliphatic heterocycles. The summed E-state index contributed by atoms with van der Waals surface area (Å²) in [7, 11) is 3.21. The maximum atomic E-state index is 14.4. The maximum Gasteiger partial charge on any atom is 0.149 e. The van der Waals surface area contributed by atoms with Gasteiger partial charge in [0.05, 0.1) is 14.2 Å². The molecule has 1 heterocycles. The van der Waals surface area contributed by atoms with Crippen molar-refractivity contribution in [3.05, 3.63) is 42.2 Å². The molecule has 0 aliphatic rings. The van der Waals surface area contributed by atoms with Gasteiger partial charge in [-0.3, -0.25) is 4.68 Å². The first-order valence-electron chi connectivity index (χ1n) is 7.92. The van der Waals surface area contributed by atoms with Gasteiger partial charge in [-0.15, -0.1) is 0 Å².